The van der Waals surface area contributed by atoms with Gasteiger partial charge in [-0.2, -0.15) is 0 Å². The molecule has 0 aliphatic heterocycles. The third-order valence-corrected chi connectivity index (χ3v) is 3.86. The molecule has 0 aliphatic rings. The van der Waals surface area contributed by atoms with Gasteiger partial charge in [-0.05, 0) is 36.2 Å². The van der Waals surface area contributed by atoms with E-state index in [9.17, 15) is 14.0 Å². The smallest absolute Gasteiger partial charge is 0.320 e. The van der Waals surface area contributed by atoms with Crippen molar-refractivity contribution in [1.82, 2.24) is 4.98 Å². The summed E-state index contributed by atoms with van der Waals surface area (Å²) in [6.45, 7) is 0. The Morgan fingerprint density at radius 3 is 2.76 bits per heavy atom. The molecule has 7 heteroatoms. The fraction of sp³-hybridized carbons (Fsp3) is 0.111. The molecule has 0 unspecified atom stereocenters. The number of halogens is 1. The molecule has 0 bridgehead atoms. The Morgan fingerprint density at radius 1 is 1.24 bits per heavy atom. The summed E-state index contributed by atoms with van der Waals surface area (Å²) in [7, 11) is 0. The molecule has 5 N–H and O–H groups in total. The van der Waals surface area contributed by atoms with Crippen LogP contribution in [0, 0.1) is 5.82 Å². The number of carbonyl (C=O) groups excluding carboxylic acids is 1. The maximum absolute atomic E-state index is 14.0. The third-order valence-electron chi connectivity index (χ3n) is 3.86. The van der Waals surface area contributed by atoms with Gasteiger partial charge in [0, 0.05) is 22.8 Å². The molecule has 0 spiro atoms. The Labute approximate surface area is 142 Å². The predicted molar refractivity (Wildman–Crippen MR) is 92.0 cm³/mol. The van der Waals surface area contributed by atoms with E-state index in [2.05, 4.69) is 10.3 Å². The van der Waals surface area contributed by atoms with E-state index in [1.807, 2.05) is 0 Å². The molecule has 1 heterocycles. The highest BCUT2D eigenvalue weighted by molar-refractivity contribution is 6.12. The molecule has 128 valence electrons. The van der Waals surface area contributed by atoms with E-state index in [-0.39, 0.29) is 17.4 Å². The minimum absolute atomic E-state index is 0.140. The number of nitrogens with one attached hydrogen (secondary N) is 2. The zero-order valence-electron chi connectivity index (χ0n) is 13.1. The van der Waals surface area contributed by atoms with E-state index in [1.54, 1.807) is 36.4 Å². The molecular formula is C18H16FN3O3. The van der Waals surface area contributed by atoms with Gasteiger partial charge < -0.3 is 21.1 Å². The van der Waals surface area contributed by atoms with Crippen molar-refractivity contribution < 1.29 is 19.1 Å². The molecule has 0 aliphatic carbocycles. The number of hydrogen-bond donors (Lipinski definition) is 4. The molecule has 3 rings (SSSR count). The largest absolute Gasteiger partial charge is 0.480 e. The highest BCUT2D eigenvalue weighted by Gasteiger charge is 2.16. The van der Waals surface area contributed by atoms with Gasteiger partial charge in [-0.25, -0.2) is 4.39 Å². The number of hydrogen-bond acceptors (Lipinski definition) is 3. The number of benzene rings is 2. The first kappa shape index (κ1) is 16.7. The molecule has 0 fully saturated rings. The number of carboxylic acid groups (broad SMARTS) is 1. The SMILES string of the molecule is N[C@@H](Cc1cccc(NC(=O)c2c[nH]c3cccc(F)c23)c1)C(=O)O. The minimum Gasteiger partial charge on any atom is -0.480 e. The zero-order valence-corrected chi connectivity index (χ0v) is 13.1. The van der Waals surface area contributed by atoms with Crippen molar-refractivity contribution in [3.63, 3.8) is 0 Å². The van der Waals surface area contributed by atoms with Gasteiger partial charge in [-0.3, -0.25) is 9.59 Å². The lowest BCUT2D eigenvalue weighted by Crippen LogP contribution is -2.32. The highest BCUT2D eigenvalue weighted by atomic mass is 19.1. The number of nitrogens with two attached hydrogens (primary N) is 1. The normalized spacial score (nSPS) is 12.1. The maximum atomic E-state index is 14.0. The standard InChI is InChI=1S/C18H16FN3O3/c19-13-5-2-6-15-16(13)12(9-21-15)17(23)22-11-4-1-3-10(7-11)8-14(20)18(24)25/h1-7,9,14,21H,8,20H2,(H,22,23)(H,24,25)/t14-/m0/s1. The number of aromatic amines is 1. The summed E-state index contributed by atoms with van der Waals surface area (Å²) >= 11 is 0. The number of H-pyrrole nitrogens is 1. The van der Waals surface area contributed by atoms with Gasteiger partial charge in [0.15, 0.2) is 0 Å². The molecule has 0 saturated heterocycles. The molecule has 2 aromatic carbocycles. The number of carbonyl (C=O) groups is 2. The van der Waals surface area contributed by atoms with E-state index in [1.165, 1.54) is 12.3 Å². The second-order valence-electron chi connectivity index (χ2n) is 5.67. The summed E-state index contributed by atoms with van der Waals surface area (Å²) in [5.74, 6) is -2.04. The summed E-state index contributed by atoms with van der Waals surface area (Å²) < 4.78 is 14.0. The number of fused-ring (bicyclic) bond motifs is 1. The lowest BCUT2D eigenvalue weighted by atomic mass is 10.1. The molecule has 25 heavy (non-hydrogen) atoms. The average Bonchev–Trinajstić information content (AvgIpc) is 3.00. The van der Waals surface area contributed by atoms with Crippen LogP contribution in [0.15, 0.2) is 48.7 Å². The second-order valence-corrected chi connectivity index (χ2v) is 5.67. The Morgan fingerprint density at radius 2 is 2.00 bits per heavy atom. The van der Waals surface area contributed by atoms with Crippen LogP contribution in [0.2, 0.25) is 0 Å². The first-order chi connectivity index (χ1) is 12.0. The summed E-state index contributed by atoms with van der Waals surface area (Å²) in [6, 6.07) is 10.2. The molecule has 3 aromatic rings. The van der Waals surface area contributed by atoms with E-state index in [0.717, 1.165) is 0 Å². The highest BCUT2D eigenvalue weighted by Crippen LogP contribution is 2.23. The van der Waals surface area contributed by atoms with Crippen LogP contribution < -0.4 is 11.1 Å². The van der Waals surface area contributed by atoms with Crippen molar-refractivity contribution in [2.24, 2.45) is 5.73 Å². The summed E-state index contributed by atoms with van der Waals surface area (Å²) in [5, 5.41) is 11.8. The summed E-state index contributed by atoms with van der Waals surface area (Å²) in [5.41, 5.74) is 7.41. The number of rotatable bonds is 5. The molecular weight excluding hydrogens is 325 g/mol. The Kier molecular flexibility index (Phi) is 4.49. The van der Waals surface area contributed by atoms with Gasteiger partial charge in [-0.15, -0.1) is 0 Å². The number of amides is 1. The van der Waals surface area contributed by atoms with Crippen LogP contribution in [0.4, 0.5) is 10.1 Å². The van der Waals surface area contributed by atoms with Crippen LogP contribution in [-0.4, -0.2) is 28.0 Å². The summed E-state index contributed by atoms with van der Waals surface area (Å²) in [6.07, 6.45) is 1.59. The maximum Gasteiger partial charge on any atom is 0.320 e. The lowest BCUT2D eigenvalue weighted by molar-refractivity contribution is -0.138. The van der Waals surface area contributed by atoms with Crippen molar-refractivity contribution >= 4 is 28.5 Å². The first-order valence-corrected chi connectivity index (χ1v) is 7.60. The van der Waals surface area contributed by atoms with Gasteiger partial charge in [0.05, 0.1) is 5.56 Å². The number of carboxylic acids is 1. The molecule has 6 nitrogen and oxygen atoms in total. The molecule has 0 saturated carbocycles. The van der Waals surface area contributed by atoms with Gasteiger partial charge in [-0.1, -0.05) is 18.2 Å². The fourth-order valence-electron chi connectivity index (χ4n) is 2.64. The Bertz CT molecular complexity index is 952. The molecule has 1 aromatic heterocycles. The summed E-state index contributed by atoms with van der Waals surface area (Å²) in [4.78, 5) is 26.2. The lowest BCUT2D eigenvalue weighted by Gasteiger charge is -2.09. The molecule has 1 amide bonds. The van der Waals surface area contributed by atoms with Crippen LogP contribution in [0.1, 0.15) is 15.9 Å². The Hall–Kier alpha value is -3.19. The molecule has 0 radical (unpaired) electrons. The number of anilines is 1. The van der Waals surface area contributed by atoms with Crippen molar-refractivity contribution in [3.05, 3.63) is 65.6 Å². The second kappa shape index (κ2) is 6.74. The first-order valence-electron chi connectivity index (χ1n) is 7.60. The zero-order chi connectivity index (χ0) is 18.0. The van der Waals surface area contributed by atoms with Crippen molar-refractivity contribution in [1.29, 1.82) is 0 Å². The van der Waals surface area contributed by atoms with Crippen LogP contribution in [0.25, 0.3) is 10.9 Å². The van der Waals surface area contributed by atoms with Crippen LogP contribution in [0.3, 0.4) is 0 Å². The van der Waals surface area contributed by atoms with Crippen molar-refractivity contribution in [2.45, 2.75) is 12.5 Å². The fourth-order valence-corrected chi connectivity index (χ4v) is 2.64. The number of aromatic nitrogens is 1. The van der Waals surface area contributed by atoms with Gasteiger partial charge in [0.1, 0.15) is 11.9 Å². The van der Waals surface area contributed by atoms with Crippen LogP contribution in [-0.2, 0) is 11.2 Å². The minimum atomic E-state index is -1.09. The topological polar surface area (TPSA) is 108 Å². The number of aliphatic carboxylic acids is 1. The molecule has 1 atom stereocenters. The van der Waals surface area contributed by atoms with E-state index in [4.69, 9.17) is 10.8 Å². The van der Waals surface area contributed by atoms with Gasteiger partial charge in [0.2, 0.25) is 0 Å². The van der Waals surface area contributed by atoms with E-state index < -0.39 is 23.7 Å². The van der Waals surface area contributed by atoms with Gasteiger partial charge >= 0.3 is 5.97 Å². The third kappa shape index (κ3) is 3.51. The van der Waals surface area contributed by atoms with E-state index >= 15 is 0 Å². The van der Waals surface area contributed by atoms with Crippen LogP contribution >= 0.6 is 0 Å². The average molecular weight is 341 g/mol. The van der Waals surface area contributed by atoms with Crippen molar-refractivity contribution in [2.75, 3.05) is 5.32 Å². The van der Waals surface area contributed by atoms with E-state index in [0.29, 0.717) is 16.8 Å². The monoisotopic (exact) mass is 341 g/mol. The Balaban J connectivity index is 1.82. The van der Waals surface area contributed by atoms with Crippen molar-refractivity contribution in [3.8, 4) is 0 Å². The quantitative estimate of drug-likeness (QED) is 0.572. The van der Waals surface area contributed by atoms with Crippen LogP contribution in [0.5, 0.6) is 0 Å². The van der Waals surface area contributed by atoms with Gasteiger partial charge in [0.25, 0.3) is 5.91 Å². The predicted octanol–water partition coefficient (Wildman–Crippen LogP) is 2.51.